The molecule has 0 radical (unpaired) electrons. The van der Waals surface area contributed by atoms with Crippen molar-refractivity contribution in [2.24, 2.45) is 0 Å². The minimum atomic E-state index is -0.209. The average molecular weight is 553 g/mol. The van der Waals surface area contributed by atoms with Crippen molar-refractivity contribution in [2.75, 3.05) is 73.2 Å². The molecule has 2 aliphatic rings. The molecule has 3 N–H and O–H groups in total. The molecule has 1 fully saturated rings. The molecular formula is C31H48N6O3. The number of piperazine rings is 1. The van der Waals surface area contributed by atoms with E-state index in [9.17, 15) is 9.59 Å². The number of allylic oxidation sites excluding steroid dienone is 6. The molecule has 0 unspecified atom stereocenters. The zero-order chi connectivity index (χ0) is 29.5. The molecule has 9 heteroatoms. The van der Waals surface area contributed by atoms with E-state index in [0.717, 1.165) is 50.6 Å². The van der Waals surface area contributed by atoms with Crippen molar-refractivity contribution >= 4 is 11.8 Å². The lowest BCUT2D eigenvalue weighted by molar-refractivity contribution is -0.117. The molecular weight excluding hydrogens is 504 g/mol. The van der Waals surface area contributed by atoms with Crippen LogP contribution in [0.4, 0.5) is 0 Å². The maximum absolute atomic E-state index is 13.0. The van der Waals surface area contributed by atoms with Gasteiger partial charge in [-0.15, -0.1) is 0 Å². The third kappa shape index (κ3) is 11.8. The average Bonchev–Trinajstić information content (AvgIpc) is 2.92. The molecule has 9 nitrogen and oxygen atoms in total. The fourth-order valence-corrected chi connectivity index (χ4v) is 4.22. The minimum absolute atomic E-state index is 0.178. The molecule has 0 aromatic rings. The molecule has 1 saturated heterocycles. The molecule has 0 spiro atoms. The SMILES string of the molecule is C=C(CN1CCN(CCNC(=O)C(=C)/C(C)=C(/C=C2/C/C(C)=C/C=C\C=C\NC2=O)NCC)CC1)OCN(C)C. The molecule has 2 heterocycles. The Kier molecular flexibility index (Phi) is 14.2. The maximum atomic E-state index is 13.0. The molecule has 0 bridgehead atoms. The van der Waals surface area contributed by atoms with Gasteiger partial charge in [0.2, 0.25) is 0 Å². The number of amides is 2. The number of nitrogens with zero attached hydrogens (tertiary/aromatic N) is 3. The number of carbonyl (C=O) groups excluding carboxylic acids is 2. The Labute approximate surface area is 240 Å². The second-order valence-corrected chi connectivity index (χ2v) is 10.4. The van der Waals surface area contributed by atoms with Gasteiger partial charge in [-0.2, -0.15) is 0 Å². The molecule has 0 saturated carbocycles. The van der Waals surface area contributed by atoms with Crippen molar-refractivity contribution in [1.29, 1.82) is 0 Å². The number of nitrogens with one attached hydrogen (secondary N) is 3. The number of carbonyl (C=O) groups is 2. The van der Waals surface area contributed by atoms with E-state index in [2.05, 4.69) is 38.9 Å². The molecule has 40 heavy (non-hydrogen) atoms. The number of hydrogen-bond acceptors (Lipinski definition) is 7. The minimum Gasteiger partial charge on any atom is -0.482 e. The van der Waals surface area contributed by atoms with E-state index >= 15 is 0 Å². The van der Waals surface area contributed by atoms with Crippen molar-refractivity contribution < 1.29 is 14.3 Å². The number of ether oxygens (including phenoxy) is 1. The van der Waals surface area contributed by atoms with E-state index in [-0.39, 0.29) is 11.8 Å². The third-order valence-corrected chi connectivity index (χ3v) is 6.60. The first-order valence-electron chi connectivity index (χ1n) is 13.9. The maximum Gasteiger partial charge on any atom is 0.251 e. The standard InChI is InChI=1S/C31H48N6O3/c1-8-32-29(21-28-20-24(2)12-10-9-11-13-33-31(28)39)26(4)27(5)30(38)34-14-15-36-16-18-37(19-17-36)22-25(3)40-23-35(6)7/h9-13,21,32H,3,5,8,14-20,22-23H2,1-2,4,6-7H3,(H,33,39)(H,34,38)/b10-9-,13-11+,24-12+,28-21-,29-26-. The van der Waals surface area contributed by atoms with Crippen LogP contribution in [0.2, 0.25) is 0 Å². The van der Waals surface area contributed by atoms with Gasteiger partial charge in [-0.3, -0.25) is 24.3 Å². The van der Waals surface area contributed by atoms with E-state index in [1.54, 1.807) is 12.3 Å². The summed E-state index contributed by atoms with van der Waals surface area (Å²) < 4.78 is 5.65. The van der Waals surface area contributed by atoms with Crippen molar-refractivity contribution in [3.8, 4) is 0 Å². The lowest BCUT2D eigenvalue weighted by atomic mass is 10.00. The molecule has 0 aliphatic carbocycles. The second kappa shape index (κ2) is 17.3. The van der Waals surface area contributed by atoms with Crippen LogP contribution in [0.1, 0.15) is 27.2 Å². The van der Waals surface area contributed by atoms with E-state index < -0.39 is 0 Å². The molecule has 2 amide bonds. The summed E-state index contributed by atoms with van der Waals surface area (Å²) in [5.41, 5.74) is 3.46. The van der Waals surface area contributed by atoms with Gasteiger partial charge < -0.3 is 20.7 Å². The zero-order valence-corrected chi connectivity index (χ0v) is 25.0. The van der Waals surface area contributed by atoms with E-state index in [1.165, 1.54) is 0 Å². The molecule has 2 aliphatic heterocycles. The van der Waals surface area contributed by atoms with Gasteiger partial charge in [0.15, 0.2) is 0 Å². The van der Waals surface area contributed by atoms with Gasteiger partial charge in [0, 0.05) is 68.9 Å². The Morgan fingerprint density at radius 2 is 1.82 bits per heavy atom. The highest BCUT2D eigenvalue weighted by Gasteiger charge is 2.19. The third-order valence-electron chi connectivity index (χ3n) is 6.60. The van der Waals surface area contributed by atoms with E-state index in [0.29, 0.717) is 48.7 Å². The van der Waals surface area contributed by atoms with Gasteiger partial charge in [0.25, 0.3) is 11.8 Å². The normalized spacial score (nSPS) is 21.5. The summed E-state index contributed by atoms with van der Waals surface area (Å²) in [7, 11) is 3.93. The quantitative estimate of drug-likeness (QED) is 0.140. The fraction of sp³-hybridized carbons (Fsp3) is 0.484. The van der Waals surface area contributed by atoms with Gasteiger partial charge in [-0.05, 0) is 59.0 Å². The van der Waals surface area contributed by atoms with Gasteiger partial charge in [-0.1, -0.05) is 37.0 Å². The van der Waals surface area contributed by atoms with Crippen LogP contribution >= 0.6 is 0 Å². The first-order valence-corrected chi connectivity index (χ1v) is 13.9. The van der Waals surface area contributed by atoms with Crippen LogP contribution in [0, 0.1) is 0 Å². The molecule has 0 atom stereocenters. The number of rotatable bonds is 13. The Morgan fingerprint density at radius 3 is 2.50 bits per heavy atom. The predicted octanol–water partition coefficient (Wildman–Crippen LogP) is 2.67. The van der Waals surface area contributed by atoms with Crippen molar-refractivity contribution in [3.05, 3.63) is 83.5 Å². The summed E-state index contributed by atoms with van der Waals surface area (Å²) >= 11 is 0. The first-order chi connectivity index (χ1) is 19.1. The van der Waals surface area contributed by atoms with Gasteiger partial charge in [-0.25, -0.2) is 0 Å². The molecule has 220 valence electrons. The van der Waals surface area contributed by atoms with Crippen LogP contribution in [0.15, 0.2) is 83.5 Å². The number of hydrogen-bond donors (Lipinski definition) is 3. The largest absolute Gasteiger partial charge is 0.482 e. The highest BCUT2D eigenvalue weighted by atomic mass is 16.5. The Hall–Kier alpha value is -3.40. The summed E-state index contributed by atoms with van der Waals surface area (Å²) in [4.78, 5) is 32.4. The zero-order valence-electron chi connectivity index (χ0n) is 25.0. The lowest BCUT2D eigenvalue weighted by Crippen LogP contribution is -2.49. The molecule has 0 aromatic carbocycles. The van der Waals surface area contributed by atoms with Crippen LogP contribution in [0.3, 0.4) is 0 Å². The van der Waals surface area contributed by atoms with Crippen LogP contribution in [-0.2, 0) is 14.3 Å². The Bertz CT molecular complexity index is 1060. The monoisotopic (exact) mass is 552 g/mol. The number of likely N-dealkylation sites (N-methyl/N-ethyl adjacent to an activating group) is 1. The van der Waals surface area contributed by atoms with Crippen molar-refractivity contribution in [3.63, 3.8) is 0 Å². The van der Waals surface area contributed by atoms with Crippen LogP contribution in [-0.4, -0.2) is 99.7 Å². The molecule has 0 aromatic heterocycles. The summed E-state index contributed by atoms with van der Waals surface area (Å²) in [5, 5.41) is 9.12. The second-order valence-electron chi connectivity index (χ2n) is 10.4. The Morgan fingerprint density at radius 1 is 1.12 bits per heavy atom. The highest BCUT2D eigenvalue weighted by molar-refractivity contribution is 5.98. The van der Waals surface area contributed by atoms with Gasteiger partial charge in [0.05, 0.1) is 6.54 Å². The first kappa shape index (κ1) is 32.8. The fourth-order valence-electron chi connectivity index (χ4n) is 4.22. The summed E-state index contributed by atoms with van der Waals surface area (Å²) in [5.74, 6) is 0.396. The topological polar surface area (TPSA) is 89.2 Å². The highest BCUT2D eigenvalue weighted by Crippen LogP contribution is 2.18. The van der Waals surface area contributed by atoms with Crippen molar-refractivity contribution in [2.45, 2.75) is 27.2 Å². The summed E-state index contributed by atoms with van der Waals surface area (Å²) in [6.45, 7) is 20.8. The van der Waals surface area contributed by atoms with Gasteiger partial charge in [0.1, 0.15) is 12.5 Å². The smallest absolute Gasteiger partial charge is 0.251 e. The van der Waals surface area contributed by atoms with Crippen LogP contribution < -0.4 is 16.0 Å². The van der Waals surface area contributed by atoms with E-state index in [4.69, 9.17) is 4.74 Å². The van der Waals surface area contributed by atoms with Crippen LogP contribution in [0.25, 0.3) is 0 Å². The van der Waals surface area contributed by atoms with Gasteiger partial charge >= 0.3 is 0 Å². The Balaban J connectivity index is 1.92. The molecule has 2 rings (SSSR count). The lowest BCUT2D eigenvalue weighted by Gasteiger charge is -2.35. The predicted molar refractivity (Wildman–Crippen MR) is 163 cm³/mol. The van der Waals surface area contributed by atoms with Crippen LogP contribution in [0.5, 0.6) is 0 Å². The summed E-state index contributed by atoms with van der Waals surface area (Å²) in [6.07, 6.45) is 11.5. The summed E-state index contributed by atoms with van der Waals surface area (Å²) in [6, 6.07) is 0. The van der Waals surface area contributed by atoms with E-state index in [1.807, 2.05) is 64.1 Å². The van der Waals surface area contributed by atoms with Crippen molar-refractivity contribution in [1.82, 2.24) is 30.7 Å².